The van der Waals surface area contributed by atoms with Crippen LogP contribution in [0.15, 0.2) is 59.2 Å². The molecule has 0 saturated heterocycles. The molecule has 0 unspecified atom stereocenters. The topological polar surface area (TPSA) is 48.7 Å². The van der Waals surface area contributed by atoms with E-state index in [1.165, 1.54) is 0 Å². The Bertz CT molecular complexity index is 832. The number of pyridine rings is 1. The first-order valence-electron chi connectivity index (χ1n) is 6.54. The Hall–Kier alpha value is -2.38. The van der Waals surface area contributed by atoms with Crippen LogP contribution in [0, 0.1) is 11.3 Å². The van der Waals surface area contributed by atoms with Crippen molar-refractivity contribution in [1.82, 2.24) is 4.98 Å². The molecule has 0 aliphatic carbocycles. The summed E-state index contributed by atoms with van der Waals surface area (Å²) in [6.45, 7) is 0.679. The number of benzene rings is 2. The molecule has 1 aromatic heterocycles. The van der Waals surface area contributed by atoms with Crippen LogP contribution in [0.4, 0.5) is 5.69 Å². The second-order valence-electron chi connectivity index (χ2n) is 4.65. The summed E-state index contributed by atoms with van der Waals surface area (Å²) in [4.78, 5) is 4.45. The summed E-state index contributed by atoms with van der Waals surface area (Å²) in [5.74, 6) is 0. The largest absolute Gasteiger partial charge is 0.380 e. The van der Waals surface area contributed by atoms with E-state index in [-0.39, 0.29) is 0 Å². The van der Waals surface area contributed by atoms with Crippen molar-refractivity contribution < 1.29 is 0 Å². The molecule has 0 aliphatic heterocycles. The molecule has 0 saturated carbocycles. The maximum atomic E-state index is 8.88. The number of aromatic nitrogens is 1. The monoisotopic (exact) mass is 337 g/mol. The predicted octanol–water partition coefficient (Wildman–Crippen LogP) is 4.48. The van der Waals surface area contributed by atoms with Gasteiger partial charge in [0, 0.05) is 28.3 Å². The number of hydrogen-bond donors (Lipinski definition) is 1. The molecule has 0 aliphatic rings. The van der Waals surface area contributed by atoms with Crippen LogP contribution >= 0.6 is 15.9 Å². The molecule has 102 valence electrons. The van der Waals surface area contributed by atoms with Gasteiger partial charge in [-0.3, -0.25) is 4.98 Å². The van der Waals surface area contributed by atoms with Gasteiger partial charge in [0.15, 0.2) is 0 Å². The maximum Gasteiger partial charge on any atom is 0.0992 e. The van der Waals surface area contributed by atoms with Crippen molar-refractivity contribution in [3.63, 3.8) is 0 Å². The highest BCUT2D eigenvalue weighted by Crippen LogP contribution is 2.25. The van der Waals surface area contributed by atoms with Gasteiger partial charge in [0.05, 0.1) is 17.1 Å². The third-order valence-corrected chi connectivity index (χ3v) is 3.94. The van der Waals surface area contributed by atoms with Gasteiger partial charge in [-0.1, -0.05) is 24.3 Å². The molecule has 0 amide bonds. The van der Waals surface area contributed by atoms with Crippen molar-refractivity contribution in [1.29, 1.82) is 5.26 Å². The zero-order chi connectivity index (χ0) is 14.7. The number of hydrogen-bond acceptors (Lipinski definition) is 3. The summed E-state index contributed by atoms with van der Waals surface area (Å²) in [7, 11) is 0. The van der Waals surface area contributed by atoms with Crippen LogP contribution in [0.1, 0.15) is 11.1 Å². The predicted molar refractivity (Wildman–Crippen MR) is 87.9 cm³/mol. The molecule has 1 N–H and O–H groups in total. The summed E-state index contributed by atoms with van der Waals surface area (Å²) in [5, 5.41) is 13.4. The summed E-state index contributed by atoms with van der Waals surface area (Å²) in [5.41, 5.74) is 3.75. The van der Waals surface area contributed by atoms with Crippen LogP contribution in [-0.2, 0) is 6.54 Å². The van der Waals surface area contributed by atoms with E-state index in [2.05, 4.69) is 50.5 Å². The average Bonchev–Trinajstić information content (AvgIpc) is 2.53. The van der Waals surface area contributed by atoms with Gasteiger partial charge in [0.1, 0.15) is 0 Å². The van der Waals surface area contributed by atoms with E-state index in [9.17, 15) is 0 Å². The van der Waals surface area contributed by atoms with Crippen LogP contribution < -0.4 is 5.32 Å². The van der Waals surface area contributed by atoms with Crippen LogP contribution in [0.25, 0.3) is 10.9 Å². The van der Waals surface area contributed by atoms with E-state index in [4.69, 9.17) is 5.26 Å². The Morgan fingerprint density at radius 1 is 1.14 bits per heavy atom. The second-order valence-corrected chi connectivity index (χ2v) is 5.51. The molecule has 4 heteroatoms. The van der Waals surface area contributed by atoms with Crippen LogP contribution in [0.3, 0.4) is 0 Å². The quantitative estimate of drug-likeness (QED) is 0.766. The first-order chi connectivity index (χ1) is 10.3. The highest BCUT2D eigenvalue weighted by Gasteiger charge is 2.04. The number of nitrogens with zero attached hydrogens (tertiary/aromatic N) is 2. The van der Waals surface area contributed by atoms with Crippen molar-refractivity contribution in [3.8, 4) is 6.07 Å². The average molecular weight is 338 g/mol. The number of nitrogens with one attached hydrogen (secondary N) is 1. The zero-order valence-electron chi connectivity index (χ0n) is 11.2. The number of rotatable bonds is 3. The lowest BCUT2D eigenvalue weighted by molar-refractivity contribution is 1.15. The summed E-state index contributed by atoms with van der Waals surface area (Å²) in [6, 6.07) is 17.8. The lowest BCUT2D eigenvalue weighted by atomic mass is 10.1. The van der Waals surface area contributed by atoms with Gasteiger partial charge in [-0.05, 0) is 45.8 Å². The van der Waals surface area contributed by atoms with Crippen molar-refractivity contribution in [2.45, 2.75) is 6.54 Å². The Kier molecular flexibility index (Phi) is 3.85. The lowest BCUT2D eigenvalue weighted by Gasteiger charge is -2.10. The normalized spacial score (nSPS) is 10.3. The maximum absolute atomic E-state index is 8.88. The minimum Gasteiger partial charge on any atom is -0.380 e. The minimum atomic E-state index is 0.638. The van der Waals surface area contributed by atoms with Gasteiger partial charge in [-0.2, -0.15) is 5.26 Å². The fourth-order valence-corrected chi connectivity index (χ4v) is 2.75. The van der Waals surface area contributed by atoms with E-state index in [1.807, 2.05) is 30.5 Å². The standard InChI is InChI=1S/C17H12BrN3/c18-15-9-12(10-19)6-7-16(15)21-11-14-4-1-3-13-5-2-8-20-17(13)14/h1-9,21H,11H2. The second kappa shape index (κ2) is 5.94. The third-order valence-electron chi connectivity index (χ3n) is 3.28. The number of para-hydroxylation sites is 1. The van der Waals surface area contributed by atoms with Crippen LogP contribution in [0.2, 0.25) is 0 Å². The summed E-state index contributed by atoms with van der Waals surface area (Å²) < 4.78 is 0.884. The van der Waals surface area contributed by atoms with Crippen molar-refractivity contribution in [2.24, 2.45) is 0 Å². The number of halogens is 1. The smallest absolute Gasteiger partial charge is 0.0992 e. The third kappa shape index (κ3) is 2.88. The molecule has 2 aromatic carbocycles. The molecule has 0 radical (unpaired) electrons. The molecule has 1 heterocycles. The lowest BCUT2D eigenvalue weighted by Crippen LogP contribution is -2.01. The Balaban J connectivity index is 1.86. The van der Waals surface area contributed by atoms with E-state index in [0.717, 1.165) is 26.6 Å². The first-order valence-corrected chi connectivity index (χ1v) is 7.33. The molecule has 0 spiro atoms. The molecule has 3 rings (SSSR count). The molecule has 3 aromatic rings. The van der Waals surface area contributed by atoms with Crippen molar-refractivity contribution >= 4 is 32.5 Å². The highest BCUT2D eigenvalue weighted by atomic mass is 79.9. The summed E-state index contributed by atoms with van der Waals surface area (Å²) >= 11 is 3.48. The number of nitriles is 1. The van der Waals surface area contributed by atoms with E-state index in [0.29, 0.717) is 12.1 Å². The molecule has 0 atom stereocenters. The number of anilines is 1. The fraction of sp³-hybridized carbons (Fsp3) is 0.0588. The summed E-state index contributed by atoms with van der Waals surface area (Å²) in [6.07, 6.45) is 1.81. The first kappa shape index (κ1) is 13.6. The molecular weight excluding hydrogens is 326 g/mol. The van der Waals surface area contributed by atoms with Gasteiger partial charge in [-0.25, -0.2) is 0 Å². The van der Waals surface area contributed by atoms with E-state index < -0.39 is 0 Å². The van der Waals surface area contributed by atoms with Crippen molar-refractivity contribution in [2.75, 3.05) is 5.32 Å². The van der Waals surface area contributed by atoms with Gasteiger partial charge in [-0.15, -0.1) is 0 Å². The van der Waals surface area contributed by atoms with Crippen LogP contribution in [-0.4, -0.2) is 4.98 Å². The van der Waals surface area contributed by atoms with E-state index >= 15 is 0 Å². The molecule has 0 bridgehead atoms. The van der Waals surface area contributed by atoms with Gasteiger partial charge < -0.3 is 5.32 Å². The fourth-order valence-electron chi connectivity index (χ4n) is 2.23. The molecule has 3 nitrogen and oxygen atoms in total. The van der Waals surface area contributed by atoms with Gasteiger partial charge >= 0.3 is 0 Å². The Morgan fingerprint density at radius 2 is 2.00 bits per heavy atom. The highest BCUT2D eigenvalue weighted by molar-refractivity contribution is 9.10. The molecule has 0 fully saturated rings. The molecule has 21 heavy (non-hydrogen) atoms. The van der Waals surface area contributed by atoms with E-state index in [1.54, 1.807) is 6.07 Å². The Morgan fingerprint density at radius 3 is 2.81 bits per heavy atom. The van der Waals surface area contributed by atoms with Gasteiger partial charge in [0.2, 0.25) is 0 Å². The Labute approximate surface area is 131 Å². The van der Waals surface area contributed by atoms with Gasteiger partial charge in [0.25, 0.3) is 0 Å². The minimum absolute atomic E-state index is 0.638. The molecular formula is C17H12BrN3. The van der Waals surface area contributed by atoms with Crippen molar-refractivity contribution in [3.05, 3.63) is 70.3 Å². The number of fused-ring (bicyclic) bond motifs is 1. The zero-order valence-corrected chi connectivity index (χ0v) is 12.8. The SMILES string of the molecule is N#Cc1ccc(NCc2cccc3cccnc23)c(Br)c1. The van der Waals surface area contributed by atoms with Crippen LogP contribution in [0.5, 0.6) is 0 Å².